The third-order valence-corrected chi connectivity index (χ3v) is 5.51. The van der Waals surface area contributed by atoms with Gasteiger partial charge in [0, 0.05) is 16.5 Å². The van der Waals surface area contributed by atoms with Crippen LogP contribution in [0.15, 0.2) is 54.6 Å². The van der Waals surface area contributed by atoms with Crippen LogP contribution in [0.25, 0.3) is 10.9 Å². The Morgan fingerprint density at radius 2 is 1.64 bits per heavy atom. The van der Waals surface area contributed by atoms with E-state index < -0.39 is 0 Å². The molecule has 3 aromatic rings. The third kappa shape index (κ3) is 4.10. The number of aromatic nitrogens is 1. The van der Waals surface area contributed by atoms with Gasteiger partial charge in [-0.25, -0.2) is 0 Å². The van der Waals surface area contributed by atoms with Gasteiger partial charge in [0.2, 0.25) is 0 Å². The summed E-state index contributed by atoms with van der Waals surface area (Å²) in [7, 11) is 0. The number of unbranched alkanes of at least 4 members (excludes halogenated alkanes) is 1. The summed E-state index contributed by atoms with van der Waals surface area (Å²) in [4.78, 5) is 4.91. The Hall–Kier alpha value is -2.15. The van der Waals surface area contributed by atoms with Gasteiger partial charge in [-0.3, -0.25) is 4.98 Å². The number of benzene rings is 2. The largest absolute Gasteiger partial charge is 0.252 e. The maximum absolute atomic E-state index is 4.91. The second-order valence-corrected chi connectivity index (χ2v) is 7.84. The van der Waals surface area contributed by atoms with Gasteiger partial charge in [0.05, 0.1) is 5.52 Å². The van der Waals surface area contributed by atoms with Crippen LogP contribution in [0.2, 0.25) is 0 Å². The summed E-state index contributed by atoms with van der Waals surface area (Å²) in [6, 6.07) is 19.4. The predicted octanol–water partition coefficient (Wildman–Crippen LogP) is 6.54. The molecule has 0 aliphatic rings. The van der Waals surface area contributed by atoms with Crippen molar-refractivity contribution < 1.29 is 0 Å². The molecule has 1 heterocycles. The number of fused-ring (bicyclic) bond motifs is 1. The van der Waals surface area contributed by atoms with Crippen LogP contribution in [0.1, 0.15) is 55.5 Å². The molecule has 130 valence electrons. The summed E-state index contributed by atoms with van der Waals surface area (Å²) in [5.74, 6) is 0. The zero-order chi connectivity index (χ0) is 17.9. The standard InChI is InChI=1S/C24H29N/c1-18-10-9-13-20(19(18)2)11-7-8-17-24(3,4)23-16-15-21-12-5-6-14-22(21)25-23/h5-6,9-10,12-16H,7-8,11,17H2,1-4H3. The number of rotatable bonds is 6. The van der Waals surface area contributed by atoms with E-state index in [2.05, 4.69) is 82.3 Å². The van der Waals surface area contributed by atoms with Gasteiger partial charge in [-0.1, -0.05) is 62.7 Å². The van der Waals surface area contributed by atoms with Crippen molar-refractivity contribution in [3.05, 3.63) is 77.0 Å². The molecule has 0 N–H and O–H groups in total. The first-order chi connectivity index (χ1) is 12.0. The lowest BCUT2D eigenvalue weighted by Crippen LogP contribution is -2.18. The normalized spacial score (nSPS) is 11.8. The highest BCUT2D eigenvalue weighted by Gasteiger charge is 2.21. The highest BCUT2D eigenvalue weighted by Crippen LogP contribution is 2.29. The summed E-state index contributed by atoms with van der Waals surface area (Å²) in [6.45, 7) is 9.09. The van der Waals surface area contributed by atoms with Gasteiger partial charge >= 0.3 is 0 Å². The van der Waals surface area contributed by atoms with Crippen molar-refractivity contribution in [2.75, 3.05) is 0 Å². The Balaban J connectivity index is 1.62. The molecule has 0 saturated heterocycles. The van der Waals surface area contributed by atoms with E-state index in [1.807, 2.05) is 0 Å². The van der Waals surface area contributed by atoms with Gasteiger partial charge < -0.3 is 0 Å². The average Bonchev–Trinajstić information content (AvgIpc) is 2.61. The molecule has 0 amide bonds. The number of pyridine rings is 1. The molecule has 1 aromatic heterocycles. The lowest BCUT2D eigenvalue weighted by atomic mass is 9.82. The molecule has 0 radical (unpaired) electrons. The predicted molar refractivity (Wildman–Crippen MR) is 108 cm³/mol. The highest BCUT2D eigenvalue weighted by molar-refractivity contribution is 5.78. The zero-order valence-corrected chi connectivity index (χ0v) is 16.0. The molecule has 1 nitrogen and oxygen atoms in total. The van der Waals surface area contributed by atoms with Crippen LogP contribution >= 0.6 is 0 Å². The van der Waals surface area contributed by atoms with Gasteiger partial charge in [0.15, 0.2) is 0 Å². The molecule has 25 heavy (non-hydrogen) atoms. The van der Waals surface area contributed by atoms with Crippen LogP contribution in [0.4, 0.5) is 0 Å². The van der Waals surface area contributed by atoms with Crippen molar-refractivity contribution in [3.8, 4) is 0 Å². The minimum Gasteiger partial charge on any atom is -0.252 e. The molecule has 0 fully saturated rings. The summed E-state index contributed by atoms with van der Waals surface area (Å²) in [5.41, 5.74) is 6.78. The van der Waals surface area contributed by atoms with Crippen molar-refractivity contribution in [1.82, 2.24) is 4.98 Å². The fraction of sp³-hybridized carbons (Fsp3) is 0.375. The molecule has 0 aliphatic carbocycles. The Morgan fingerprint density at radius 3 is 2.48 bits per heavy atom. The summed E-state index contributed by atoms with van der Waals surface area (Å²) < 4.78 is 0. The van der Waals surface area contributed by atoms with Crippen molar-refractivity contribution in [2.24, 2.45) is 0 Å². The Morgan fingerprint density at radius 1 is 0.840 bits per heavy atom. The summed E-state index contributed by atoms with van der Waals surface area (Å²) >= 11 is 0. The first-order valence-electron chi connectivity index (χ1n) is 9.39. The molecule has 0 spiro atoms. The van der Waals surface area contributed by atoms with Gasteiger partial charge in [0.1, 0.15) is 0 Å². The van der Waals surface area contributed by atoms with Crippen molar-refractivity contribution in [1.29, 1.82) is 0 Å². The van der Waals surface area contributed by atoms with Crippen molar-refractivity contribution in [2.45, 2.75) is 58.8 Å². The van der Waals surface area contributed by atoms with Gasteiger partial charge in [-0.2, -0.15) is 0 Å². The minimum absolute atomic E-state index is 0.117. The first-order valence-corrected chi connectivity index (χ1v) is 9.39. The molecule has 2 aromatic carbocycles. The van der Waals surface area contributed by atoms with Crippen LogP contribution in [0.3, 0.4) is 0 Å². The fourth-order valence-corrected chi connectivity index (χ4v) is 3.54. The SMILES string of the molecule is Cc1cccc(CCCCC(C)(C)c2ccc3ccccc3n2)c1C. The van der Waals surface area contributed by atoms with Gasteiger partial charge in [0.25, 0.3) is 0 Å². The van der Waals surface area contributed by atoms with Gasteiger partial charge in [-0.05, 0) is 61.9 Å². The molecule has 0 aliphatic heterocycles. The number of aryl methyl sites for hydroxylation is 2. The maximum Gasteiger partial charge on any atom is 0.0705 e. The quantitative estimate of drug-likeness (QED) is 0.467. The monoisotopic (exact) mass is 331 g/mol. The van der Waals surface area contributed by atoms with Crippen molar-refractivity contribution >= 4 is 10.9 Å². The van der Waals surface area contributed by atoms with E-state index in [-0.39, 0.29) is 5.41 Å². The van der Waals surface area contributed by atoms with E-state index in [1.165, 1.54) is 53.5 Å². The smallest absolute Gasteiger partial charge is 0.0705 e. The zero-order valence-electron chi connectivity index (χ0n) is 16.0. The van der Waals surface area contributed by atoms with E-state index in [0.29, 0.717) is 0 Å². The molecule has 1 heteroatoms. The Labute approximate surface area is 152 Å². The maximum atomic E-state index is 4.91. The lowest BCUT2D eigenvalue weighted by molar-refractivity contribution is 0.441. The van der Waals surface area contributed by atoms with Crippen LogP contribution in [0, 0.1) is 13.8 Å². The van der Waals surface area contributed by atoms with Crippen molar-refractivity contribution in [3.63, 3.8) is 0 Å². The molecule has 0 bridgehead atoms. The third-order valence-electron chi connectivity index (χ3n) is 5.51. The van der Waals surface area contributed by atoms with Crippen LogP contribution in [-0.4, -0.2) is 4.98 Å². The Bertz CT molecular complexity index is 861. The van der Waals surface area contributed by atoms with Crippen LogP contribution in [-0.2, 0) is 11.8 Å². The fourth-order valence-electron chi connectivity index (χ4n) is 3.54. The molecule has 0 unspecified atom stereocenters. The minimum atomic E-state index is 0.117. The summed E-state index contributed by atoms with van der Waals surface area (Å²) in [5, 5.41) is 1.22. The number of hydrogen-bond acceptors (Lipinski definition) is 1. The lowest BCUT2D eigenvalue weighted by Gasteiger charge is -2.24. The highest BCUT2D eigenvalue weighted by atomic mass is 14.7. The number of hydrogen-bond donors (Lipinski definition) is 0. The number of para-hydroxylation sites is 1. The van der Waals surface area contributed by atoms with E-state index in [1.54, 1.807) is 0 Å². The van der Waals surface area contributed by atoms with Gasteiger partial charge in [-0.15, -0.1) is 0 Å². The Kier molecular flexibility index (Phi) is 5.22. The average molecular weight is 332 g/mol. The molecule has 0 saturated carbocycles. The number of nitrogens with zero attached hydrogens (tertiary/aromatic N) is 1. The van der Waals surface area contributed by atoms with Crippen LogP contribution in [0.5, 0.6) is 0 Å². The molecular weight excluding hydrogens is 302 g/mol. The van der Waals surface area contributed by atoms with Crippen LogP contribution < -0.4 is 0 Å². The molecule has 3 rings (SSSR count). The second kappa shape index (κ2) is 7.39. The topological polar surface area (TPSA) is 12.9 Å². The first kappa shape index (κ1) is 17.7. The van der Waals surface area contributed by atoms with E-state index >= 15 is 0 Å². The van der Waals surface area contributed by atoms with E-state index in [4.69, 9.17) is 4.98 Å². The molecular formula is C24H29N. The second-order valence-electron chi connectivity index (χ2n) is 7.84. The summed E-state index contributed by atoms with van der Waals surface area (Å²) in [6.07, 6.45) is 4.81. The molecule has 0 atom stereocenters. The van der Waals surface area contributed by atoms with E-state index in [0.717, 1.165) is 5.52 Å². The van der Waals surface area contributed by atoms with E-state index in [9.17, 15) is 0 Å².